The summed E-state index contributed by atoms with van der Waals surface area (Å²) in [5.41, 5.74) is 3.16. The predicted molar refractivity (Wildman–Crippen MR) is 127 cm³/mol. The molecule has 3 aromatic carbocycles. The van der Waals surface area contributed by atoms with E-state index in [9.17, 15) is 8.20 Å². The number of hydrogen-bond acceptors (Lipinski definition) is 1. The molecule has 1 N–H and O–H groups in total. The van der Waals surface area contributed by atoms with Crippen LogP contribution in [0.5, 0.6) is 5.75 Å². The van der Waals surface area contributed by atoms with E-state index in [1.54, 1.807) is 0 Å². The molecule has 3 aromatic rings. The maximum absolute atomic E-state index is 13.1. The molecule has 0 atom stereocenters. The number of rotatable bonds is 3. The topological polar surface area (TPSA) is 20.2 Å². The van der Waals surface area contributed by atoms with Gasteiger partial charge in [0.05, 0.1) is 8.07 Å². The van der Waals surface area contributed by atoms with Crippen LogP contribution in [0, 0.1) is 6.92 Å². The Balaban J connectivity index is 0.000000214. The van der Waals surface area contributed by atoms with Crippen LogP contribution in [0.2, 0.25) is 18.1 Å². The molecule has 0 fully saturated rings. The van der Waals surface area contributed by atoms with E-state index in [1.807, 2.05) is 79.7 Å². The fraction of sp³-hybridized carbons (Fsp3) is 0.269. The number of benzene rings is 3. The second-order valence-corrected chi connectivity index (χ2v) is 15.5. The van der Waals surface area contributed by atoms with Gasteiger partial charge in [-0.1, -0.05) is 45.1 Å². The molecule has 0 saturated heterocycles. The van der Waals surface area contributed by atoms with Crippen molar-refractivity contribution in [2.45, 2.75) is 45.8 Å². The number of aromatic hydroxyl groups is 1. The molecular formula is C26H32FOSiTi. The normalized spacial score (nSPS) is 11.2. The summed E-state index contributed by atoms with van der Waals surface area (Å²) in [4.78, 5) is 0. The summed E-state index contributed by atoms with van der Waals surface area (Å²) in [6.07, 6.45) is 0. The van der Waals surface area contributed by atoms with Crippen molar-refractivity contribution in [2.75, 3.05) is 0 Å². The van der Waals surface area contributed by atoms with E-state index < -0.39 is 27.3 Å². The fourth-order valence-electron chi connectivity index (χ4n) is 3.04. The van der Waals surface area contributed by atoms with Gasteiger partial charge in [-0.25, -0.2) is 0 Å². The first-order chi connectivity index (χ1) is 14.1. The van der Waals surface area contributed by atoms with Crippen LogP contribution >= 0.6 is 0 Å². The molecule has 30 heavy (non-hydrogen) atoms. The number of hydrogen-bond donors (Lipinski definition) is 1. The van der Waals surface area contributed by atoms with Crippen molar-refractivity contribution in [2.24, 2.45) is 0 Å². The van der Waals surface area contributed by atoms with Crippen molar-refractivity contribution < 1.29 is 27.4 Å². The molecule has 1 nitrogen and oxygen atoms in total. The molecule has 0 spiro atoms. The molecule has 0 aliphatic rings. The molecule has 0 saturated carbocycles. The van der Waals surface area contributed by atoms with Crippen LogP contribution < -0.4 is 5.19 Å². The average molecular weight is 455 g/mol. The molecular weight excluding hydrogens is 423 g/mol. The molecule has 4 heteroatoms. The number of halogens is 1. The van der Waals surface area contributed by atoms with Gasteiger partial charge in [0.1, 0.15) is 5.75 Å². The summed E-state index contributed by atoms with van der Waals surface area (Å²) >= 11 is -1.53. The van der Waals surface area contributed by atoms with Gasteiger partial charge in [0.15, 0.2) is 0 Å². The zero-order chi connectivity index (χ0) is 22.4. The van der Waals surface area contributed by atoms with E-state index in [2.05, 4.69) is 39.9 Å². The van der Waals surface area contributed by atoms with Crippen LogP contribution in [0.1, 0.15) is 37.5 Å². The van der Waals surface area contributed by atoms with Crippen molar-refractivity contribution in [1.82, 2.24) is 0 Å². The van der Waals surface area contributed by atoms with Crippen molar-refractivity contribution in [1.29, 1.82) is 0 Å². The Bertz CT molecular complexity index is 915. The maximum atomic E-state index is 13.1. The molecule has 157 valence electrons. The van der Waals surface area contributed by atoms with Gasteiger partial charge >= 0.3 is 97.9 Å². The van der Waals surface area contributed by atoms with Gasteiger partial charge in [-0.15, -0.1) is 0 Å². The Kier molecular flexibility index (Phi) is 8.54. The number of phenolic OH excluding ortho intramolecular Hbond substituents is 1. The Morgan fingerprint density at radius 3 is 1.67 bits per heavy atom. The fourth-order valence-corrected chi connectivity index (χ4v) is 5.87. The third-order valence-electron chi connectivity index (χ3n) is 5.88. The van der Waals surface area contributed by atoms with Gasteiger partial charge in [0.25, 0.3) is 0 Å². The minimum atomic E-state index is -1.53. The first-order valence-electron chi connectivity index (χ1n) is 10.2. The average Bonchev–Trinajstić information content (AvgIpc) is 2.69. The SMILES string of the molecule is Cc1cc(O)cc([Si](C)(C)C(C)(C)C)c1.[F][Ti]=[C](c1ccccc1)c1ccccc1. The second kappa shape index (κ2) is 10.5. The van der Waals surface area contributed by atoms with Crippen LogP contribution in [0.3, 0.4) is 0 Å². The van der Waals surface area contributed by atoms with Gasteiger partial charge in [0.2, 0.25) is 0 Å². The predicted octanol–water partition coefficient (Wildman–Crippen LogP) is 6.64. The van der Waals surface area contributed by atoms with E-state index >= 15 is 0 Å². The quantitative estimate of drug-likeness (QED) is 0.439. The van der Waals surface area contributed by atoms with Crippen LogP contribution in [-0.2, 0) is 19.2 Å². The second-order valence-electron chi connectivity index (χ2n) is 9.13. The first-order valence-corrected chi connectivity index (χ1v) is 14.6. The monoisotopic (exact) mass is 455 g/mol. The van der Waals surface area contributed by atoms with E-state index in [4.69, 9.17) is 0 Å². The molecule has 0 unspecified atom stereocenters. The summed E-state index contributed by atoms with van der Waals surface area (Å²) in [6, 6.07) is 25.5. The van der Waals surface area contributed by atoms with Crippen molar-refractivity contribution in [3.8, 4) is 5.75 Å². The van der Waals surface area contributed by atoms with E-state index in [0.717, 1.165) is 20.5 Å². The molecule has 0 radical (unpaired) electrons. The van der Waals surface area contributed by atoms with Gasteiger partial charge in [-0.2, -0.15) is 0 Å². The van der Waals surface area contributed by atoms with Crippen LogP contribution in [0.4, 0.5) is 3.09 Å². The molecule has 3 rings (SSSR count). The van der Waals surface area contributed by atoms with Crippen molar-refractivity contribution in [3.05, 3.63) is 95.6 Å². The minimum absolute atomic E-state index is 0.313. The molecule has 0 aliphatic heterocycles. The standard InChI is InChI=1S/C13H22OSi.C13H10.FH.Ti/c1-10-7-11(14)9-12(8-10)15(5,6)13(2,3)4;1-3-7-12(8-4-1)11-13-9-5-2-6-10-13;;/h7-9,14H,1-6H3;1-10H;1H;/q;;;+1/p-1. The third kappa shape index (κ3) is 6.34. The van der Waals surface area contributed by atoms with Gasteiger partial charge < -0.3 is 5.11 Å². The molecule has 0 bridgehead atoms. The van der Waals surface area contributed by atoms with E-state index in [-0.39, 0.29) is 0 Å². The molecule has 0 aromatic heterocycles. The Morgan fingerprint density at radius 2 is 1.30 bits per heavy atom. The Hall–Kier alpha value is -1.81. The number of aryl methyl sites for hydroxylation is 1. The van der Waals surface area contributed by atoms with Gasteiger partial charge in [-0.3, -0.25) is 0 Å². The summed E-state index contributed by atoms with van der Waals surface area (Å²) < 4.78 is 14.0. The number of phenols is 1. The van der Waals surface area contributed by atoms with E-state index in [1.165, 1.54) is 5.19 Å². The zero-order valence-electron chi connectivity index (χ0n) is 18.8. The third-order valence-corrected chi connectivity index (χ3v) is 12.6. The zero-order valence-corrected chi connectivity index (χ0v) is 21.4. The summed E-state index contributed by atoms with van der Waals surface area (Å²) in [5.74, 6) is 0.398. The van der Waals surface area contributed by atoms with Crippen molar-refractivity contribution >= 4 is 17.1 Å². The van der Waals surface area contributed by atoms with Crippen LogP contribution in [0.25, 0.3) is 0 Å². The van der Waals surface area contributed by atoms with Crippen LogP contribution in [0.15, 0.2) is 78.9 Å². The Labute approximate surface area is 191 Å². The van der Waals surface area contributed by atoms with E-state index in [0.29, 0.717) is 10.8 Å². The van der Waals surface area contributed by atoms with Crippen molar-refractivity contribution in [3.63, 3.8) is 0 Å². The molecule has 0 heterocycles. The Morgan fingerprint density at radius 1 is 0.833 bits per heavy atom. The first kappa shape index (κ1) is 24.5. The van der Waals surface area contributed by atoms with Gasteiger partial charge in [0, 0.05) is 0 Å². The molecule has 0 amide bonds. The molecule has 0 aliphatic carbocycles. The van der Waals surface area contributed by atoms with Gasteiger partial charge in [-0.05, 0) is 29.7 Å². The summed E-state index contributed by atoms with van der Waals surface area (Å²) in [7, 11) is -1.50. The van der Waals surface area contributed by atoms with Crippen LogP contribution in [-0.4, -0.2) is 17.0 Å². The summed E-state index contributed by atoms with van der Waals surface area (Å²) in [5, 5.41) is 11.3. The summed E-state index contributed by atoms with van der Waals surface area (Å²) in [6.45, 7) is 13.6.